The third kappa shape index (κ3) is 4.28. The molecule has 0 bridgehead atoms. The smallest absolute Gasteiger partial charge is 0.119 e. The van der Waals surface area contributed by atoms with E-state index in [1.54, 1.807) is 11.3 Å². The van der Waals surface area contributed by atoms with Crippen molar-refractivity contribution in [3.05, 3.63) is 16.1 Å². The van der Waals surface area contributed by atoms with E-state index in [0.717, 1.165) is 30.3 Å². The normalized spacial score (nSPS) is 13.0. The Hall–Kier alpha value is -0.450. The summed E-state index contributed by atoms with van der Waals surface area (Å²) < 4.78 is 5.32. The molecule has 0 aliphatic carbocycles. The van der Waals surface area contributed by atoms with Gasteiger partial charge in [0, 0.05) is 18.0 Å². The second-order valence-electron chi connectivity index (χ2n) is 3.48. The Balaban J connectivity index is 2.43. The predicted octanol–water partition coefficient (Wildman–Crippen LogP) is 2.74. The van der Waals surface area contributed by atoms with Crippen molar-refractivity contribution in [1.82, 2.24) is 10.3 Å². The third-order valence-electron chi connectivity index (χ3n) is 2.14. The fourth-order valence-corrected chi connectivity index (χ4v) is 2.07. The summed E-state index contributed by atoms with van der Waals surface area (Å²) in [5.74, 6) is 0. The second kappa shape index (κ2) is 6.93. The van der Waals surface area contributed by atoms with E-state index in [4.69, 9.17) is 4.74 Å². The average molecular weight is 228 g/mol. The van der Waals surface area contributed by atoms with Crippen molar-refractivity contribution in [1.29, 1.82) is 0 Å². The molecule has 1 atom stereocenters. The fourth-order valence-electron chi connectivity index (χ4n) is 1.25. The van der Waals surface area contributed by atoms with Gasteiger partial charge in [0.05, 0.1) is 12.3 Å². The molecule has 0 radical (unpaired) electrons. The first-order valence-corrected chi connectivity index (χ1v) is 6.41. The molecule has 4 heteroatoms. The second-order valence-corrected chi connectivity index (χ2v) is 4.42. The molecule has 0 spiro atoms. The average Bonchev–Trinajstić information content (AvgIpc) is 2.71. The number of ether oxygens (including phenoxy) is 1. The molecule has 15 heavy (non-hydrogen) atoms. The van der Waals surface area contributed by atoms with E-state index >= 15 is 0 Å². The Morgan fingerprint density at radius 2 is 2.33 bits per heavy atom. The molecule has 1 rings (SSSR count). The van der Waals surface area contributed by atoms with Crippen LogP contribution in [0.1, 0.15) is 43.9 Å². The molecule has 1 aromatic heterocycles. The van der Waals surface area contributed by atoms with Crippen LogP contribution in [0, 0.1) is 0 Å². The van der Waals surface area contributed by atoms with Gasteiger partial charge in [-0.15, -0.1) is 11.3 Å². The monoisotopic (exact) mass is 228 g/mol. The van der Waals surface area contributed by atoms with Gasteiger partial charge in [-0.25, -0.2) is 4.98 Å². The van der Waals surface area contributed by atoms with Gasteiger partial charge in [0.25, 0.3) is 0 Å². The summed E-state index contributed by atoms with van der Waals surface area (Å²) in [6.07, 6.45) is 1.15. The standard InChI is InChI=1S/C11H20N2OS/c1-4-6-12-9(3)10-8-15-11(13-10)7-14-5-2/h8-9,12H,4-7H2,1-3H3. The maximum Gasteiger partial charge on any atom is 0.119 e. The van der Waals surface area contributed by atoms with Crippen LogP contribution in [0.15, 0.2) is 5.38 Å². The van der Waals surface area contributed by atoms with Crippen LogP contribution in [0.4, 0.5) is 0 Å². The Morgan fingerprint density at radius 3 is 3.00 bits per heavy atom. The first-order chi connectivity index (χ1) is 7.27. The molecule has 1 N–H and O–H groups in total. The molecule has 0 fully saturated rings. The molecular formula is C11H20N2OS. The molecule has 0 aliphatic heterocycles. The van der Waals surface area contributed by atoms with Gasteiger partial charge in [-0.1, -0.05) is 6.92 Å². The van der Waals surface area contributed by atoms with E-state index in [0.29, 0.717) is 12.6 Å². The van der Waals surface area contributed by atoms with Gasteiger partial charge < -0.3 is 10.1 Å². The van der Waals surface area contributed by atoms with Crippen molar-refractivity contribution in [3.63, 3.8) is 0 Å². The van der Waals surface area contributed by atoms with Gasteiger partial charge in [-0.3, -0.25) is 0 Å². The summed E-state index contributed by atoms with van der Waals surface area (Å²) in [5, 5.41) is 6.60. The van der Waals surface area contributed by atoms with Crippen LogP contribution in [-0.2, 0) is 11.3 Å². The Labute approximate surface area is 95.9 Å². The Bertz CT molecular complexity index is 275. The van der Waals surface area contributed by atoms with Gasteiger partial charge in [-0.05, 0) is 26.8 Å². The minimum absolute atomic E-state index is 0.344. The van der Waals surface area contributed by atoms with E-state index in [1.165, 1.54) is 0 Å². The zero-order valence-corrected chi connectivity index (χ0v) is 10.6. The third-order valence-corrected chi connectivity index (χ3v) is 2.98. The first kappa shape index (κ1) is 12.6. The highest BCUT2D eigenvalue weighted by molar-refractivity contribution is 7.09. The van der Waals surface area contributed by atoms with Crippen LogP contribution in [-0.4, -0.2) is 18.1 Å². The maximum atomic E-state index is 5.32. The summed E-state index contributed by atoms with van der Waals surface area (Å²) in [4.78, 5) is 4.53. The van der Waals surface area contributed by atoms with Crippen LogP contribution in [0.3, 0.4) is 0 Å². The summed E-state index contributed by atoms with van der Waals surface area (Å²) in [6.45, 7) is 8.75. The molecule has 1 aromatic rings. The number of rotatable bonds is 7. The van der Waals surface area contributed by atoms with Crippen LogP contribution in [0.5, 0.6) is 0 Å². The van der Waals surface area contributed by atoms with Crippen molar-refractivity contribution in [2.45, 2.75) is 39.8 Å². The van der Waals surface area contributed by atoms with Crippen LogP contribution < -0.4 is 5.32 Å². The lowest BCUT2D eigenvalue weighted by Gasteiger charge is -2.09. The van der Waals surface area contributed by atoms with E-state index in [2.05, 4.69) is 29.5 Å². The topological polar surface area (TPSA) is 34.1 Å². The first-order valence-electron chi connectivity index (χ1n) is 5.53. The summed E-state index contributed by atoms with van der Waals surface area (Å²) in [6, 6.07) is 0.344. The summed E-state index contributed by atoms with van der Waals surface area (Å²) >= 11 is 1.68. The van der Waals surface area contributed by atoms with Crippen LogP contribution in [0.25, 0.3) is 0 Å². The van der Waals surface area contributed by atoms with Crippen LogP contribution >= 0.6 is 11.3 Å². The number of thiazole rings is 1. The number of nitrogens with zero attached hydrogens (tertiary/aromatic N) is 1. The molecule has 0 aromatic carbocycles. The zero-order chi connectivity index (χ0) is 11.1. The molecule has 86 valence electrons. The number of nitrogens with one attached hydrogen (secondary N) is 1. The molecular weight excluding hydrogens is 208 g/mol. The zero-order valence-electron chi connectivity index (χ0n) is 9.75. The van der Waals surface area contributed by atoms with Crippen LogP contribution in [0.2, 0.25) is 0 Å². The molecule has 0 amide bonds. The van der Waals surface area contributed by atoms with Gasteiger partial charge in [0.15, 0.2) is 0 Å². The van der Waals surface area contributed by atoms with E-state index in [9.17, 15) is 0 Å². The van der Waals surface area contributed by atoms with Crippen molar-refractivity contribution >= 4 is 11.3 Å². The van der Waals surface area contributed by atoms with Crippen molar-refractivity contribution < 1.29 is 4.74 Å². The predicted molar refractivity (Wildman–Crippen MR) is 64.2 cm³/mol. The highest BCUT2D eigenvalue weighted by Gasteiger charge is 2.08. The van der Waals surface area contributed by atoms with Crippen molar-refractivity contribution in [3.8, 4) is 0 Å². The molecule has 0 aliphatic rings. The largest absolute Gasteiger partial charge is 0.375 e. The maximum absolute atomic E-state index is 5.32. The summed E-state index contributed by atoms with van der Waals surface area (Å²) in [5.41, 5.74) is 1.13. The highest BCUT2D eigenvalue weighted by Crippen LogP contribution is 2.17. The Kier molecular flexibility index (Phi) is 5.83. The quantitative estimate of drug-likeness (QED) is 0.779. The van der Waals surface area contributed by atoms with E-state index in [1.807, 2.05) is 6.92 Å². The minimum Gasteiger partial charge on any atom is -0.375 e. The van der Waals surface area contributed by atoms with E-state index in [-0.39, 0.29) is 0 Å². The number of hydrogen-bond acceptors (Lipinski definition) is 4. The lowest BCUT2D eigenvalue weighted by molar-refractivity contribution is 0.133. The van der Waals surface area contributed by atoms with Gasteiger partial charge in [-0.2, -0.15) is 0 Å². The van der Waals surface area contributed by atoms with Gasteiger partial charge >= 0.3 is 0 Å². The molecule has 1 unspecified atom stereocenters. The van der Waals surface area contributed by atoms with Gasteiger partial charge in [0.1, 0.15) is 5.01 Å². The minimum atomic E-state index is 0.344. The number of hydrogen-bond donors (Lipinski definition) is 1. The molecule has 1 heterocycles. The van der Waals surface area contributed by atoms with Crippen molar-refractivity contribution in [2.75, 3.05) is 13.2 Å². The molecule has 0 saturated heterocycles. The molecule has 3 nitrogen and oxygen atoms in total. The van der Waals surface area contributed by atoms with E-state index < -0.39 is 0 Å². The Morgan fingerprint density at radius 1 is 1.53 bits per heavy atom. The number of aromatic nitrogens is 1. The lowest BCUT2D eigenvalue weighted by Crippen LogP contribution is -2.19. The fraction of sp³-hybridized carbons (Fsp3) is 0.727. The highest BCUT2D eigenvalue weighted by atomic mass is 32.1. The summed E-state index contributed by atoms with van der Waals surface area (Å²) in [7, 11) is 0. The van der Waals surface area contributed by atoms with Crippen molar-refractivity contribution in [2.24, 2.45) is 0 Å². The lowest BCUT2D eigenvalue weighted by atomic mass is 10.2. The van der Waals surface area contributed by atoms with Gasteiger partial charge in [0.2, 0.25) is 0 Å². The SMILES string of the molecule is CCCNC(C)c1csc(COCC)n1. The molecule has 0 saturated carbocycles.